The Morgan fingerprint density at radius 2 is 1.81 bits per heavy atom. The van der Waals surface area contributed by atoms with Gasteiger partial charge in [0.25, 0.3) is 0 Å². The molecule has 2 rings (SSSR count). The Morgan fingerprint density at radius 1 is 1.22 bits per heavy atom. The fourth-order valence-corrected chi connectivity index (χ4v) is 3.38. The standard InChI is InChI=1S/C17H21ClN2O5.C2HF3O2/c1-20(16(23)25-11-24-15(22)10-19)17(9-5-4-8-14(17)21)12-6-2-3-7-13(12)18;3-2(4,5)1(6)7/h2-3,6-7H,4-5,8-11,19H2,1H3;(H,6,7)/t17-;/m0./s1. The number of likely N-dealkylation sites (N-methyl/N-ethyl adjacent to an activating group) is 1. The van der Waals surface area contributed by atoms with Gasteiger partial charge in [-0.2, -0.15) is 13.2 Å². The number of carbonyl (C=O) groups is 4. The number of aliphatic carboxylic acids is 1. The molecule has 13 heteroatoms. The highest BCUT2D eigenvalue weighted by molar-refractivity contribution is 6.31. The van der Waals surface area contributed by atoms with Gasteiger partial charge in [0.1, 0.15) is 5.54 Å². The summed E-state index contributed by atoms with van der Waals surface area (Å²) in [6, 6.07) is 6.96. The predicted octanol–water partition coefficient (Wildman–Crippen LogP) is 2.84. The molecular formula is C19H22ClF3N2O7. The van der Waals surface area contributed by atoms with Gasteiger partial charge in [-0.15, -0.1) is 0 Å². The van der Waals surface area contributed by atoms with Gasteiger partial charge in [0.05, 0.1) is 6.54 Å². The van der Waals surface area contributed by atoms with Crippen LogP contribution in [0.3, 0.4) is 0 Å². The zero-order valence-electron chi connectivity index (χ0n) is 17.0. The molecule has 1 fully saturated rings. The normalized spacial score (nSPS) is 18.1. The summed E-state index contributed by atoms with van der Waals surface area (Å²) in [5.41, 5.74) is 4.49. The van der Waals surface area contributed by atoms with Gasteiger partial charge in [0.15, 0.2) is 5.78 Å². The summed E-state index contributed by atoms with van der Waals surface area (Å²) in [5.74, 6) is -3.54. The highest BCUT2D eigenvalue weighted by Crippen LogP contribution is 2.42. The minimum atomic E-state index is -5.08. The van der Waals surface area contributed by atoms with E-state index in [0.29, 0.717) is 23.4 Å². The molecule has 0 spiro atoms. The Bertz CT molecular complexity index is 850. The fourth-order valence-electron chi connectivity index (χ4n) is 3.09. The minimum absolute atomic E-state index is 0.0924. The first-order chi connectivity index (χ1) is 14.9. The van der Waals surface area contributed by atoms with Crippen LogP contribution in [-0.4, -0.2) is 60.4 Å². The number of hydrogen-bond acceptors (Lipinski definition) is 7. The molecule has 32 heavy (non-hydrogen) atoms. The summed E-state index contributed by atoms with van der Waals surface area (Å²) in [7, 11) is 1.49. The van der Waals surface area contributed by atoms with Crippen molar-refractivity contribution in [3.8, 4) is 0 Å². The SMILES string of the molecule is CN(C(=O)OCOC(=O)CN)[C@]1(c2ccccc2Cl)CCCCC1=O.O=C(O)C(F)(F)F. The van der Waals surface area contributed by atoms with Crippen molar-refractivity contribution in [1.82, 2.24) is 4.90 Å². The predicted molar refractivity (Wildman–Crippen MR) is 105 cm³/mol. The van der Waals surface area contributed by atoms with Crippen molar-refractivity contribution in [2.24, 2.45) is 5.73 Å². The largest absolute Gasteiger partial charge is 0.490 e. The van der Waals surface area contributed by atoms with E-state index in [1.807, 2.05) is 0 Å². The highest BCUT2D eigenvalue weighted by atomic mass is 35.5. The number of halogens is 4. The maximum Gasteiger partial charge on any atom is 0.490 e. The van der Waals surface area contributed by atoms with E-state index in [9.17, 15) is 27.6 Å². The molecule has 0 aromatic heterocycles. The molecule has 1 atom stereocenters. The summed E-state index contributed by atoms with van der Waals surface area (Å²) in [6.07, 6.45) is -3.52. The monoisotopic (exact) mass is 482 g/mol. The van der Waals surface area contributed by atoms with Crippen LogP contribution < -0.4 is 5.73 Å². The number of ketones is 1. The summed E-state index contributed by atoms with van der Waals surface area (Å²) >= 11 is 6.31. The number of nitrogens with two attached hydrogens (primary N) is 1. The van der Waals surface area contributed by atoms with Gasteiger partial charge in [-0.1, -0.05) is 29.8 Å². The van der Waals surface area contributed by atoms with Crippen LogP contribution in [0.2, 0.25) is 5.02 Å². The lowest BCUT2D eigenvalue weighted by Crippen LogP contribution is -2.54. The quantitative estimate of drug-likeness (QED) is 0.483. The van der Waals surface area contributed by atoms with E-state index in [2.05, 4.69) is 4.74 Å². The second kappa shape index (κ2) is 11.7. The van der Waals surface area contributed by atoms with Crippen LogP contribution in [0, 0.1) is 0 Å². The number of ether oxygens (including phenoxy) is 2. The molecule has 0 heterocycles. The number of carboxylic acids is 1. The first-order valence-corrected chi connectivity index (χ1v) is 9.60. The highest BCUT2D eigenvalue weighted by Gasteiger charge is 2.48. The lowest BCUT2D eigenvalue weighted by molar-refractivity contribution is -0.192. The van der Waals surface area contributed by atoms with Gasteiger partial charge in [0, 0.05) is 24.1 Å². The summed E-state index contributed by atoms with van der Waals surface area (Å²) in [6.45, 7) is -0.874. The molecule has 1 aliphatic carbocycles. The molecule has 0 bridgehead atoms. The number of rotatable bonds is 5. The first kappa shape index (κ1) is 27.2. The Labute approximate surface area is 186 Å². The summed E-state index contributed by atoms with van der Waals surface area (Å²) < 4.78 is 41.3. The number of hydrogen-bond donors (Lipinski definition) is 2. The number of amides is 1. The molecule has 0 saturated heterocycles. The van der Waals surface area contributed by atoms with E-state index in [1.165, 1.54) is 11.9 Å². The van der Waals surface area contributed by atoms with E-state index in [1.54, 1.807) is 24.3 Å². The Morgan fingerprint density at radius 3 is 2.31 bits per heavy atom. The molecule has 1 aliphatic rings. The Kier molecular flexibility index (Phi) is 9.91. The number of Topliss-reactive ketones (excluding diaryl/α,β-unsaturated/α-hetero) is 1. The Balaban J connectivity index is 0.000000633. The van der Waals surface area contributed by atoms with Crippen LogP contribution in [0.15, 0.2) is 24.3 Å². The van der Waals surface area contributed by atoms with Gasteiger partial charge in [-0.25, -0.2) is 9.59 Å². The Hall–Kier alpha value is -2.86. The average Bonchev–Trinajstić information content (AvgIpc) is 2.73. The number of carboxylic acid groups (broad SMARTS) is 1. The molecule has 0 radical (unpaired) electrons. The van der Waals surface area contributed by atoms with Crippen molar-refractivity contribution in [3.63, 3.8) is 0 Å². The van der Waals surface area contributed by atoms with Crippen molar-refractivity contribution < 1.29 is 46.9 Å². The topological polar surface area (TPSA) is 136 Å². The summed E-state index contributed by atoms with van der Waals surface area (Å²) in [5, 5.41) is 7.53. The van der Waals surface area contributed by atoms with Crippen LogP contribution >= 0.6 is 11.6 Å². The molecule has 9 nitrogen and oxygen atoms in total. The molecule has 0 aliphatic heterocycles. The molecule has 3 N–H and O–H groups in total. The van der Waals surface area contributed by atoms with Gasteiger partial charge in [-0.05, 0) is 25.3 Å². The lowest BCUT2D eigenvalue weighted by atomic mass is 9.74. The van der Waals surface area contributed by atoms with Crippen LogP contribution in [-0.2, 0) is 29.4 Å². The van der Waals surface area contributed by atoms with Crippen LogP contribution in [0.4, 0.5) is 18.0 Å². The third kappa shape index (κ3) is 6.82. The minimum Gasteiger partial charge on any atom is -0.475 e. The van der Waals surface area contributed by atoms with E-state index in [-0.39, 0.29) is 12.3 Å². The maximum atomic E-state index is 12.8. The molecule has 1 aromatic rings. The molecule has 1 aromatic carbocycles. The maximum absolute atomic E-state index is 12.8. The van der Waals surface area contributed by atoms with E-state index in [0.717, 1.165) is 12.8 Å². The van der Waals surface area contributed by atoms with Gasteiger partial charge in [0.2, 0.25) is 6.79 Å². The van der Waals surface area contributed by atoms with Gasteiger partial charge < -0.3 is 20.3 Å². The second-order valence-electron chi connectivity index (χ2n) is 6.58. The van der Waals surface area contributed by atoms with E-state index < -0.39 is 36.5 Å². The number of alkyl halides is 3. The van der Waals surface area contributed by atoms with Crippen molar-refractivity contribution in [2.45, 2.75) is 37.4 Å². The number of nitrogens with zero attached hydrogens (tertiary/aromatic N) is 1. The second-order valence-corrected chi connectivity index (χ2v) is 6.99. The third-order valence-electron chi connectivity index (χ3n) is 4.63. The zero-order chi connectivity index (χ0) is 24.5. The molecule has 1 saturated carbocycles. The van der Waals surface area contributed by atoms with Crippen LogP contribution in [0.1, 0.15) is 31.2 Å². The van der Waals surface area contributed by atoms with Crippen molar-refractivity contribution >= 4 is 35.4 Å². The summed E-state index contributed by atoms with van der Waals surface area (Å²) in [4.78, 5) is 46.4. The van der Waals surface area contributed by atoms with Crippen molar-refractivity contribution in [1.29, 1.82) is 0 Å². The third-order valence-corrected chi connectivity index (χ3v) is 4.96. The molecule has 178 valence electrons. The molecule has 1 amide bonds. The van der Waals surface area contributed by atoms with Crippen LogP contribution in [0.5, 0.6) is 0 Å². The molecular weight excluding hydrogens is 461 g/mol. The number of carbonyl (C=O) groups excluding carboxylic acids is 3. The van der Waals surface area contributed by atoms with Crippen molar-refractivity contribution in [2.75, 3.05) is 20.4 Å². The van der Waals surface area contributed by atoms with E-state index >= 15 is 0 Å². The number of benzene rings is 1. The van der Waals surface area contributed by atoms with Crippen molar-refractivity contribution in [3.05, 3.63) is 34.9 Å². The zero-order valence-corrected chi connectivity index (χ0v) is 17.7. The first-order valence-electron chi connectivity index (χ1n) is 9.22. The smallest absolute Gasteiger partial charge is 0.475 e. The van der Waals surface area contributed by atoms with E-state index in [4.69, 9.17) is 32.0 Å². The van der Waals surface area contributed by atoms with Gasteiger partial charge >= 0.3 is 24.2 Å². The van der Waals surface area contributed by atoms with Gasteiger partial charge in [-0.3, -0.25) is 14.5 Å². The average molecular weight is 483 g/mol. The molecule has 0 unspecified atom stereocenters. The number of esters is 1. The lowest BCUT2D eigenvalue weighted by Gasteiger charge is -2.43. The van der Waals surface area contributed by atoms with Crippen LogP contribution in [0.25, 0.3) is 0 Å². The fraction of sp³-hybridized carbons (Fsp3) is 0.474.